The van der Waals surface area contributed by atoms with E-state index in [0.717, 1.165) is 29.5 Å². The maximum Gasteiger partial charge on any atom is 0.306 e. The third-order valence-electron chi connectivity index (χ3n) is 3.58. The first-order valence-electron chi connectivity index (χ1n) is 6.93. The predicted molar refractivity (Wildman–Crippen MR) is 84.2 cm³/mol. The van der Waals surface area contributed by atoms with Gasteiger partial charge in [0.05, 0.1) is 18.9 Å². The Bertz CT molecular complexity index is 736. The highest BCUT2D eigenvalue weighted by molar-refractivity contribution is 7.99. The maximum absolute atomic E-state index is 12.3. The Morgan fingerprint density at radius 3 is 3.05 bits per heavy atom. The van der Waals surface area contributed by atoms with Crippen molar-refractivity contribution in [3.8, 4) is 0 Å². The number of carbonyl (C=O) groups is 1. The summed E-state index contributed by atoms with van der Waals surface area (Å²) in [5, 5.41) is 1.35. The van der Waals surface area contributed by atoms with Gasteiger partial charge in [-0.05, 0) is 31.2 Å². The highest BCUT2D eigenvalue weighted by atomic mass is 32.2. The topological polar surface area (TPSA) is 72.0 Å². The molecule has 0 bridgehead atoms. The molecular formula is C14H16N2O3S2. The van der Waals surface area contributed by atoms with Crippen molar-refractivity contribution in [1.29, 1.82) is 0 Å². The van der Waals surface area contributed by atoms with Crippen molar-refractivity contribution in [2.24, 2.45) is 0 Å². The zero-order valence-electron chi connectivity index (χ0n) is 11.7. The Kier molecular flexibility index (Phi) is 4.30. The van der Waals surface area contributed by atoms with E-state index in [4.69, 9.17) is 0 Å². The zero-order chi connectivity index (χ0) is 14.8. The number of aromatic amines is 1. The number of thiophene rings is 1. The van der Waals surface area contributed by atoms with Crippen LogP contribution in [0.15, 0.2) is 9.95 Å². The minimum absolute atomic E-state index is 0.0556. The third kappa shape index (κ3) is 2.98. The summed E-state index contributed by atoms with van der Waals surface area (Å²) in [6.45, 7) is 0. The number of nitrogens with one attached hydrogen (secondary N) is 1. The summed E-state index contributed by atoms with van der Waals surface area (Å²) in [5.74, 6) is 0.296. The first kappa shape index (κ1) is 14.6. The van der Waals surface area contributed by atoms with Crippen molar-refractivity contribution in [3.05, 3.63) is 20.8 Å². The Balaban J connectivity index is 1.86. The number of hydrogen-bond donors (Lipinski definition) is 1. The lowest BCUT2D eigenvalue weighted by molar-refractivity contribution is -0.140. The van der Waals surface area contributed by atoms with Gasteiger partial charge in [0.1, 0.15) is 4.83 Å². The van der Waals surface area contributed by atoms with Gasteiger partial charge in [0.25, 0.3) is 5.56 Å². The number of ether oxygens (including phenoxy) is 1. The van der Waals surface area contributed by atoms with Crippen LogP contribution in [-0.2, 0) is 22.4 Å². The lowest BCUT2D eigenvalue weighted by Crippen LogP contribution is -2.11. The predicted octanol–water partition coefficient (Wildman–Crippen LogP) is 2.52. The second-order valence-corrected chi connectivity index (χ2v) is 7.10. The maximum atomic E-state index is 12.3. The van der Waals surface area contributed by atoms with E-state index in [1.807, 2.05) is 0 Å². The molecule has 0 fully saturated rings. The molecule has 1 N–H and O–H groups in total. The minimum atomic E-state index is -0.252. The number of carbonyl (C=O) groups excluding carboxylic acids is 1. The number of esters is 1. The van der Waals surface area contributed by atoms with Gasteiger partial charge in [0.15, 0.2) is 5.16 Å². The number of thioether (sulfide) groups is 1. The number of rotatable bonds is 4. The van der Waals surface area contributed by atoms with Crippen molar-refractivity contribution < 1.29 is 9.53 Å². The molecule has 112 valence electrons. The molecule has 2 aromatic rings. The molecule has 0 amide bonds. The van der Waals surface area contributed by atoms with Crippen molar-refractivity contribution in [2.45, 2.75) is 37.3 Å². The van der Waals surface area contributed by atoms with Gasteiger partial charge in [-0.1, -0.05) is 11.8 Å². The summed E-state index contributed by atoms with van der Waals surface area (Å²) >= 11 is 3.01. The number of aromatic nitrogens is 2. The van der Waals surface area contributed by atoms with E-state index < -0.39 is 0 Å². The van der Waals surface area contributed by atoms with Crippen molar-refractivity contribution in [3.63, 3.8) is 0 Å². The molecule has 1 aliphatic carbocycles. The SMILES string of the molecule is COC(=O)CCSc1nc2sc3c(c2c(=O)[nH]1)CCCC3. The van der Waals surface area contributed by atoms with Crippen LogP contribution in [0.25, 0.3) is 10.2 Å². The fraction of sp³-hybridized carbons (Fsp3) is 0.500. The summed E-state index contributed by atoms with van der Waals surface area (Å²) in [6.07, 6.45) is 4.69. The van der Waals surface area contributed by atoms with Crippen molar-refractivity contribution in [1.82, 2.24) is 9.97 Å². The van der Waals surface area contributed by atoms with E-state index in [9.17, 15) is 9.59 Å². The Morgan fingerprint density at radius 1 is 1.43 bits per heavy atom. The van der Waals surface area contributed by atoms with Crippen LogP contribution < -0.4 is 5.56 Å². The van der Waals surface area contributed by atoms with Gasteiger partial charge in [-0.3, -0.25) is 9.59 Å². The first-order valence-corrected chi connectivity index (χ1v) is 8.73. The summed E-state index contributed by atoms with van der Waals surface area (Å²) in [7, 11) is 1.37. The molecule has 0 saturated heterocycles. The smallest absolute Gasteiger partial charge is 0.306 e. The van der Waals surface area contributed by atoms with Gasteiger partial charge in [0.2, 0.25) is 0 Å². The second-order valence-electron chi connectivity index (χ2n) is 4.94. The van der Waals surface area contributed by atoms with Crippen LogP contribution in [0.5, 0.6) is 0 Å². The van der Waals surface area contributed by atoms with Crippen LogP contribution in [0.1, 0.15) is 29.7 Å². The van der Waals surface area contributed by atoms with E-state index in [-0.39, 0.29) is 11.5 Å². The second kappa shape index (κ2) is 6.19. The number of hydrogen-bond acceptors (Lipinski definition) is 6. The molecule has 0 unspecified atom stereocenters. The van der Waals surface area contributed by atoms with Gasteiger partial charge in [-0.15, -0.1) is 11.3 Å². The molecule has 0 saturated carbocycles. The van der Waals surface area contributed by atoms with Gasteiger partial charge in [0, 0.05) is 10.6 Å². The highest BCUT2D eigenvalue weighted by Crippen LogP contribution is 2.34. The zero-order valence-corrected chi connectivity index (χ0v) is 13.4. The molecule has 0 radical (unpaired) electrons. The molecule has 3 rings (SSSR count). The molecule has 7 heteroatoms. The van der Waals surface area contributed by atoms with E-state index in [1.165, 1.54) is 35.7 Å². The van der Waals surface area contributed by atoms with Gasteiger partial charge in [-0.2, -0.15) is 0 Å². The van der Waals surface area contributed by atoms with Gasteiger partial charge in [-0.25, -0.2) is 4.98 Å². The number of H-pyrrole nitrogens is 1. The van der Waals surface area contributed by atoms with Crippen LogP contribution in [-0.4, -0.2) is 28.8 Å². The van der Waals surface area contributed by atoms with E-state index >= 15 is 0 Å². The standard InChI is InChI=1S/C14H16N2O3S2/c1-19-10(17)6-7-20-14-15-12(18)11-8-4-2-3-5-9(8)21-13(11)16-14/h2-7H2,1H3,(H,15,16,18). The number of aryl methyl sites for hydroxylation is 2. The fourth-order valence-corrected chi connectivity index (χ4v) is 4.65. The summed E-state index contributed by atoms with van der Waals surface area (Å²) in [5.41, 5.74) is 1.14. The number of nitrogens with zero attached hydrogens (tertiary/aromatic N) is 1. The molecular weight excluding hydrogens is 308 g/mol. The summed E-state index contributed by atoms with van der Waals surface area (Å²) in [4.78, 5) is 32.9. The average Bonchev–Trinajstić information content (AvgIpc) is 2.85. The monoisotopic (exact) mass is 324 g/mol. The third-order valence-corrected chi connectivity index (χ3v) is 5.64. The van der Waals surface area contributed by atoms with Crippen LogP contribution in [0, 0.1) is 0 Å². The molecule has 21 heavy (non-hydrogen) atoms. The molecule has 2 aromatic heterocycles. The van der Waals surface area contributed by atoms with Gasteiger partial charge < -0.3 is 9.72 Å². The van der Waals surface area contributed by atoms with Gasteiger partial charge >= 0.3 is 5.97 Å². The van der Waals surface area contributed by atoms with Crippen molar-refractivity contribution >= 4 is 39.3 Å². The Hall–Kier alpha value is -1.34. The molecule has 2 heterocycles. The number of methoxy groups -OCH3 is 1. The van der Waals surface area contributed by atoms with Crippen LogP contribution in [0.2, 0.25) is 0 Å². The fourth-order valence-electron chi connectivity index (χ4n) is 2.55. The first-order chi connectivity index (χ1) is 10.2. The molecule has 0 spiro atoms. The summed E-state index contributed by atoms with van der Waals surface area (Å²) in [6, 6.07) is 0. The summed E-state index contributed by atoms with van der Waals surface area (Å²) < 4.78 is 4.59. The normalized spacial score (nSPS) is 14.1. The number of fused-ring (bicyclic) bond motifs is 3. The minimum Gasteiger partial charge on any atom is -0.469 e. The van der Waals surface area contributed by atoms with E-state index in [0.29, 0.717) is 17.3 Å². The molecule has 0 aliphatic heterocycles. The van der Waals surface area contributed by atoms with Crippen LogP contribution >= 0.6 is 23.1 Å². The quantitative estimate of drug-likeness (QED) is 0.531. The lowest BCUT2D eigenvalue weighted by atomic mass is 9.97. The highest BCUT2D eigenvalue weighted by Gasteiger charge is 2.19. The van der Waals surface area contributed by atoms with E-state index in [1.54, 1.807) is 11.3 Å². The van der Waals surface area contributed by atoms with Crippen LogP contribution in [0.4, 0.5) is 0 Å². The van der Waals surface area contributed by atoms with Crippen LogP contribution in [0.3, 0.4) is 0 Å². The van der Waals surface area contributed by atoms with E-state index in [2.05, 4.69) is 14.7 Å². The molecule has 0 atom stereocenters. The Labute approximate surface area is 130 Å². The Morgan fingerprint density at radius 2 is 2.24 bits per heavy atom. The van der Waals surface area contributed by atoms with Crippen molar-refractivity contribution in [2.75, 3.05) is 12.9 Å². The molecule has 5 nitrogen and oxygen atoms in total. The lowest BCUT2D eigenvalue weighted by Gasteiger charge is -2.09. The molecule has 0 aromatic carbocycles. The largest absolute Gasteiger partial charge is 0.469 e. The average molecular weight is 324 g/mol. The molecule has 1 aliphatic rings.